The molecule has 7 heteroatoms. The van der Waals surface area contributed by atoms with Crippen molar-refractivity contribution in [1.82, 2.24) is 4.90 Å². The van der Waals surface area contributed by atoms with Gasteiger partial charge in [0, 0.05) is 32.3 Å². The molecule has 0 atom stereocenters. The monoisotopic (exact) mass is 282 g/mol. The number of methoxy groups -OCH3 is 1. The predicted octanol–water partition coefficient (Wildman–Crippen LogP) is 0.605. The summed E-state index contributed by atoms with van der Waals surface area (Å²) in [6.45, 7) is 0.930. The number of carbonyl (C=O) groups is 1. The van der Waals surface area contributed by atoms with Gasteiger partial charge in [0.2, 0.25) is 5.91 Å². The Bertz CT molecular complexity index is 447. The van der Waals surface area contributed by atoms with Gasteiger partial charge >= 0.3 is 0 Å². The van der Waals surface area contributed by atoms with Gasteiger partial charge in [0.1, 0.15) is 0 Å². The number of hydrogen-bond donors (Lipinski definition) is 1. The lowest BCUT2D eigenvalue weighted by atomic mass is 10.1. The summed E-state index contributed by atoms with van der Waals surface area (Å²) in [4.78, 5) is 23.6. The van der Waals surface area contributed by atoms with Crippen LogP contribution in [0.4, 0.5) is 5.69 Å². The fourth-order valence-corrected chi connectivity index (χ4v) is 1.71. The van der Waals surface area contributed by atoms with E-state index in [1.165, 1.54) is 24.1 Å². The summed E-state index contributed by atoms with van der Waals surface area (Å²) < 4.78 is 4.91. The van der Waals surface area contributed by atoms with Gasteiger partial charge < -0.3 is 14.7 Å². The summed E-state index contributed by atoms with van der Waals surface area (Å²) >= 11 is 0. The number of amides is 1. The molecule has 20 heavy (non-hydrogen) atoms. The van der Waals surface area contributed by atoms with E-state index < -0.39 is 4.92 Å². The number of carbonyl (C=O) groups excluding carboxylic acids is 1. The van der Waals surface area contributed by atoms with Gasteiger partial charge in [-0.25, -0.2) is 0 Å². The van der Waals surface area contributed by atoms with Crippen molar-refractivity contribution in [3.8, 4) is 0 Å². The smallest absolute Gasteiger partial charge is 0.269 e. The first-order chi connectivity index (χ1) is 9.58. The highest BCUT2D eigenvalue weighted by Gasteiger charge is 2.14. The maximum atomic E-state index is 12.1. The van der Waals surface area contributed by atoms with Crippen LogP contribution in [0.2, 0.25) is 0 Å². The normalized spacial score (nSPS) is 10.3. The van der Waals surface area contributed by atoms with Crippen LogP contribution >= 0.6 is 0 Å². The number of ether oxygens (including phenoxy) is 1. The zero-order valence-corrected chi connectivity index (χ0v) is 11.3. The van der Waals surface area contributed by atoms with E-state index in [-0.39, 0.29) is 31.2 Å². The van der Waals surface area contributed by atoms with E-state index in [9.17, 15) is 14.9 Å². The molecule has 1 aromatic carbocycles. The second-order valence-corrected chi connectivity index (χ2v) is 4.20. The Morgan fingerprint density at radius 1 is 1.35 bits per heavy atom. The molecule has 0 aliphatic heterocycles. The maximum absolute atomic E-state index is 12.1. The molecule has 0 saturated carbocycles. The van der Waals surface area contributed by atoms with E-state index in [1.807, 2.05) is 0 Å². The SMILES string of the molecule is COCCN(CCO)C(=O)Cc1ccc([N+](=O)[O-])cc1. The van der Waals surface area contributed by atoms with Gasteiger partial charge in [0.25, 0.3) is 5.69 Å². The molecule has 1 rings (SSSR count). The number of nitro groups is 1. The topological polar surface area (TPSA) is 92.9 Å². The summed E-state index contributed by atoms with van der Waals surface area (Å²) in [5.41, 5.74) is 0.689. The van der Waals surface area contributed by atoms with Crippen LogP contribution < -0.4 is 0 Å². The van der Waals surface area contributed by atoms with Crippen molar-refractivity contribution < 1.29 is 19.6 Å². The lowest BCUT2D eigenvalue weighted by Gasteiger charge is -2.21. The Hall–Kier alpha value is -1.99. The molecule has 7 nitrogen and oxygen atoms in total. The lowest BCUT2D eigenvalue weighted by molar-refractivity contribution is -0.384. The van der Waals surface area contributed by atoms with E-state index in [2.05, 4.69) is 0 Å². The van der Waals surface area contributed by atoms with Gasteiger partial charge in [0.05, 0.1) is 24.6 Å². The third-order valence-corrected chi connectivity index (χ3v) is 2.79. The summed E-state index contributed by atoms with van der Waals surface area (Å²) in [7, 11) is 1.54. The first-order valence-corrected chi connectivity index (χ1v) is 6.19. The van der Waals surface area contributed by atoms with Gasteiger partial charge in [-0.05, 0) is 5.56 Å². The largest absolute Gasteiger partial charge is 0.395 e. The van der Waals surface area contributed by atoms with E-state index in [0.717, 1.165) is 0 Å². The van der Waals surface area contributed by atoms with Crippen molar-refractivity contribution in [3.05, 3.63) is 39.9 Å². The lowest BCUT2D eigenvalue weighted by Crippen LogP contribution is -2.37. The second-order valence-electron chi connectivity index (χ2n) is 4.20. The fraction of sp³-hybridized carbons (Fsp3) is 0.462. The van der Waals surface area contributed by atoms with Crippen LogP contribution in [0.25, 0.3) is 0 Å². The Morgan fingerprint density at radius 3 is 2.50 bits per heavy atom. The highest BCUT2D eigenvalue weighted by atomic mass is 16.6. The Labute approximate surface area is 116 Å². The molecule has 0 fully saturated rings. The minimum absolute atomic E-state index is 0.00667. The number of aliphatic hydroxyl groups is 1. The zero-order chi connectivity index (χ0) is 15.0. The molecule has 0 aliphatic carbocycles. The number of nitro benzene ring substituents is 1. The molecule has 0 spiro atoms. The van der Waals surface area contributed by atoms with E-state index in [1.54, 1.807) is 12.1 Å². The molecule has 0 saturated heterocycles. The van der Waals surface area contributed by atoms with Gasteiger partial charge in [0.15, 0.2) is 0 Å². The molecule has 0 unspecified atom stereocenters. The molecule has 0 aliphatic rings. The molecule has 1 amide bonds. The predicted molar refractivity (Wildman–Crippen MR) is 72.3 cm³/mol. The molecule has 0 bridgehead atoms. The molecule has 0 aromatic heterocycles. The molecule has 1 N–H and O–H groups in total. The zero-order valence-electron chi connectivity index (χ0n) is 11.3. The van der Waals surface area contributed by atoms with E-state index in [0.29, 0.717) is 18.7 Å². The summed E-state index contributed by atoms with van der Waals surface area (Å²) in [5, 5.41) is 19.5. The number of non-ortho nitro benzene ring substituents is 1. The van der Waals surface area contributed by atoms with E-state index >= 15 is 0 Å². The minimum atomic E-state index is -0.484. The van der Waals surface area contributed by atoms with Gasteiger partial charge in [-0.2, -0.15) is 0 Å². The van der Waals surface area contributed by atoms with Crippen molar-refractivity contribution in [3.63, 3.8) is 0 Å². The Balaban J connectivity index is 2.64. The molecular weight excluding hydrogens is 264 g/mol. The molecule has 0 radical (unpaired) electrons. The minimum Gasteiger partial charge on any atom is -0.395 e. The number of hydrogen-bond acceptors (Lipinski definition) is 5. The third kappa shape index (κ3) is 4.94. The highest BCUT2D eigenvalue weighted by molar-refractivity contribution is 5.78. The summed E-state index contributed by atoms with van der Waals surface area (Å²) in [6, 6.07) is 5.86. The van der Waals surface area contributed by atoms with E-state index in [4.69, 9.17) is 9.84 Å². The van der Waals surface area contributed by atoms with Crippen LogP contribution in [0.1, 0.15) is 5.56 Å². The number of nitrogens with zero attached hydrogens (tertiary/aromatic N) is 2. The van der Waals surface area contributed by atoms with Crippen molar-refractivity contribution in [2.75, 3.05) is 33.4 Å². The standard InChI is InChI=1S/C13H18N2O5/c1-20-9-7-14(6-8-16)13(17)10-11-2-4-12(5-3-11)15(18)19/h2-5,16H,6-10H2,1H3. The average molecular weight is 282 g/mol. The van der Waals surface area contributed by atoms with Gasteiger partial charge in [-0.15, -0.1) is 0 Å². The van der Waals surface area contributed by atoms with Crippen LogP contribution in [0.15, 0.2) is 24.3 Å². The van der Waals surface area contributed by atoms with Gasteiger partial charge in [-0.3, -0.25) is 14.9 Å². The summed E-state index contributed by atoms with van der Waals surface area (Å²) in [5.74, 6) is -0.148. The first-order valence-electron chi connectivity index (χ1n) is 6.19. The number of benzene rings is 1. The van der Waals surface area contributed by atoms with Crippen molar-refractivity contribution in [2.24, 2.45) is 0 Å². The van der Waals surface area contributed by atoms with Crippen molar-refractivity contribution in [1.29, 1.82) is 0 Å². The molecule has 0 heterocycles. The van der Waals surface area contributed by atoms with Crippen molar-refractivity contribution in [2.45, 2.75) is 6.42 Å². The second kappa shape index (κ2) is 8.23. The number of rotatable bonds is 8. The molecule has 1 aromatic rings. The van der Waals surface area contributed by atoms with Gasteiger partial charge in [-0.1, -0.05) is 12.1 Å². The highest BCUT2D eigenvalue weighted by Crippen LogP contribution is 2.12. The third-order valence-electron chi connectivity index (χ3n) is 2.79. The Kier molecular flexibility index (Phi) is 6.61. The molecular formula is C13H18N2O5. The number of aliphatic hydroxyl groups excluding tert-OH is 1. The van der Waals surface area contributed by atoms with Crippen LogP contribution in [0.5, 0.6) is 0 Å². The summed E-state index contributed by atoms with van der Waals surface area (Å²) in [6.07, 6.45) is 0.141. The van der Waals surface area contributed by atoms with Crippen LogP contribution in [-0.2, 0) is 16.0 Å². The van der Waals surface area contributed by atoms with Crippen LogP contribution in [-0.4, -0.2) is 54.3 Å². The Morgan fingerprint density at radius 2 is 2.00 bits per heavy atom. The molecule has 110 valence electrons. The fourth-order valence-electron chi connectivity index (χ4n) is 1.71. The van der Waals surface area contributed by atoms with Crippen LogP contribution in [0.3, 0.4) is 0 Å². The quantitative estimate of drug-likeness (QED) is 0.557. The van der Waals surface area contributed by atoms with Crippen molar-refractivity contribution >= 4 is 11.6 Å². The van der Waals surface area contributed by atoms with Crippen LogP contribution in [0, 0.1) is 10.1 Å². The average Bonchev–Trinajstić information content (AvgIpc) is 2.43. The first kappa shape index (κ1) is 16.1. The maximum Gasteiger partial charge on any atom is 0.269 e.